The van der Waals surface area contributed by atoms with Crippen molar-refractivity contribution in [1.82, 2.24) is 0 Å². The maximum absolute atomic E-state index is 5.81. The van der Waals surface area contributed by atoms with Gasteiger partial charge in [0.2, 0.25) is 0 Å². The van der Waals surface area contributed by atoms with E-state index in [1.165, 1.54) is 0 Å². The molecule has 3 nitrogen and oxygen atoms in total. The molecule has 0 aromatic heterocycles. The molecule has 0 spiro atoms. The fraction of sp³-hybridized carbons (Fsp3) is 0.600. The van der Waals surface area contributed by atoms with E-state index in [9.17, 15) is 0 Å². The van der Waals surface area contributed by atoms with Crippen molar-refractivity contribution in [3.8, 4) is 11.5 Å². The molecule has 1 aromatic rings. The third-order valence-corrected chi connectivity index (χ3v) is 2.38. The summed E-state index contributed by atoms with van der Waals surface area (Å²) >= 11 is 0. The van der Waals surface area contributed by atoms with Crippen molar-refractivity contribution in [3.63, 3.8) is 0 Å². The van der Waals surface area contributed by atoms with Gasteiger partial charge in [-0.25, -0.2) is 0 Å². The summed E-state index contributed by atoms with van der Waals surface area (Å²) in [5.74, 6) is 2.65. The second-order valence-corrected chi connectivity index (χ2v) is 5.32. The average molecular weight is 251 g/mol. The van der Waals surface area contributed by atoms with Crippen molar-refractivity contribution < 1.29 is 9.47 Å². The summed E-state index contributed by atoms with van der Waals surface area (Å²) in [6.07, 6.45) is 0. The van der Waals surface area contributed by atoms with Crippen LogP contribution in [0.1, 0.15) is 27.7 Å². The first kappa shape index (κ1) is 14.7. The molecule has 0 saturated heterocycles. The Kier molecular flexibility index (Phi) is 5.83. The molecule has 0 aliphatic heterocycles. The standard InChI is InChI=1S/C15H25NO2/c1-11(2)9-17-14-7-6-13(16-5)8-15(14)18-10-12(3)4/h6-8,11-12,16H,9-10H2,1-5H3. The molecule has 3 heteroatoms. The molecule has 0 unspecified atom stereocenters. The van der Waals surface area contributed by atoms with Gasteiger partial charge >= 0.3 is 0 Å². The molecule has 0 amide bonds. The van der Waals surface area contributed by atoms with Gasteiger partial charge in [0.15, 0.2) is 11.5 Å². The zero-order chi connectivity index (χ0) is 13.5. The first-order chi connectivity index (χ1) is 8.52. The highest BCUT2D eigenvalue weighted by atomic mass is 16.5. The van der Waals surface area contributed by atoms with E-state index in [2.05, 4.69) is 33.0 Å². The highest BCUT2D eigenvalue weighted by molar-refractivity contribution is 5.54. The monoisotopic (exact) mass is 251 g/mol. The van der Waals surface area contributed by atoms with E-state index >= 15 is 0 Å². The molecule has 0 fully saturated rings. The SMILES string of the molecule is CNc1ccc(OCC(C)C)c(OCC(C)C)c1. The van der Waals surface area contributed by atoms with Crippen molar-refractivity contribution in [2.24, 2.45) is 11.8 Å². The molecule has 0 aliphatic rings. The van der Waals surface area contributed by atoms with Crippen LogP contribution in [0, 0.1) is 11.8 Å². The third kappa shape index (κ3) is 4.86. The number of hydrogen-bond donors (Lipinski definition) is 1. The molecule has 1 N–H and O–H groups in total. The van der Waals surface area contributed by atoms with Crippen molar-refractivity contribution in [1.29, 1.82) is 0 Å². The fourth-order valence-corrected chi connectivity index (χ4v) is 1.41. The van der Waals surface area contributed by atoms with Gasteiger partial charge in [-0.3, -0.25) is 0 Å². The Balaban J connectivity index is 2.79. The third-order valence-electron chi connectivity index (χ3n) is 2.38. The quantitative estimate of drug-likeness (QED) is 0.799. The Bertz CT molecular complexity index is 362. The summed E-state index contributed by atoms with van der Waals surface area (Å²) in [5.41, 5.74) is 1.03. The van der Waals surface area contributed by atoms with Crippen LogP contribution in [0.3, 0.4) is 0 Å². The van der Waals surface area contributed by atoms with Gasteiger partial charge in [0.25, 0.3) is 0 Å². The van der Waals surface area contributed by atoms with E-state index in [0.717, 1.165) is 17.2 Å². The molecule has 0 aliphatic carbocycles. The second kappa shape index (κ2) is 7.14. The second-order valence-electron chi connectivity index (χ2n) is 5.32. The van der Waals surface area contributed by atoms with Gasteiger partial charge in [0, 0.05) is 18.8 Å². The summed E-state index contributed by atoms with van der Waals surface area (Å²) in [4.78, 5) is 0. The first-order valence-electron chi connectivity index (χ1n) is 6.60. The Morgan fingerprint density at radius 1 is 0.944 bits per heavy atom. The predicted molar refractivity (Wildman–Crippen MR) is 76.7 cm³/mol. The van der Waals surface area contributed by atoms with Crippen LogP contribution in [0.5, 0.6) is 11.5 Å². The first-order valence-corrected chi connectivity index (χ1v) is 6.60. The Hall–Kier alpha value is -1.38. The van der Waals surface area contributed by atoms with Gasteiger partial charge in [-0.05, 0) is 24.0 Å². The van der Waals surface area contributed by atoms with E-state index in [-0.39, 0.29) is 0 Å². The minimum absolute atomic E-state index is 0.501. The van der Waals surface area contributed by atoms with Gasteiger partial charge in [0.1, 0.15) is 0 Å². The lowest BCUT2D eigenvalue weighted by molar-refractivity contribution is 0.229. The van der Waals surface area contributed by atoms with Crippen LogP contribution in [0.4, 0.5) is 5.69 Å². The molecule has 1 rings (SSSR count). The summed E-state index contributed by atoms with van der Waals surface area (Å²) in [7, 11) is 1.90. The number of nitrogens with one attached hydrogen (secondary N) is 1. The Labute approximate surface area is 110 Å². The van der Waals surface area contributed by atoms with Gasteiger partial charge in [-0.1, -0.05) is 27.7 Å². The van der Waals surface area contributed by atoms with Crippen LogP contribution < -0.4 is 14.8 Å². The minimum atomic E-state index is 0.501. The van der Waals surface area contributed by atoms with Crippen molar-refractivity contribution in [3.05, 3.63) is 18.2 Å². The normalized spacial score (nSPS) is 10.8. The number of ether oxygens (including phenoxy) is 2. The van der Waals surface area contributed by atoms with Gasteiger partial charge in [0.05, 0.1) is 13.2 Å². The number of anilines is 1. The number of benzene rings is 1. The highest BCUT2D eigenvalue weighted by Crippen LogP contribution is 2.31. The molecule has 0 atom stereocenters. The van der Waals surface area contributed by atoms with Crippen LogP contribution in [-0.4, -0.2) is 20.3 Å². The van der Waals surface area contributed by atoms with Crippen LogP contribution >= 0.6 is 0 Å². The summed E-state index contributed by atoms with van der Waals surface area (Å²) in [5, 5.41) is 3.11. The van der Waals surface area contributed by atoms with Gasteiger partial charge in [-0.2, -0.15) is 0 Å². The van der Waals surface area contributed by atoms with E-state index in [1.807, 2.05) is 25.2 Å². The maximum Gasteiger partial charge on any atom is 0.163 e. The Morgan fingerprint density at radius 2 is 1.50 bits per heavy atom. The molecular weight excluding hydrogens is 226 g/mol. The zero-order valence-electron chi connectivity index (χ0n) is 12.1. The van der Waals surface area contributed by atoms with E-state index in [1.54, 1.807) is 0 Å². The lowest BCUT2D eigenvalue weighted by Gasteiger charge is -2.16. The van der Waals surface area contributed by atoms with Crippen molar-refractivity contribution in [2.45, 2.75) is 27.7 Å². The van der Waals surface area contributed by atoms with Gasteiger partial charge in [-0.15, -0.1) is 0 Å². The van der Waals surface area contributed by atoms with E-state index < -0.39 is 0 Å². The van der Waals surface area contributed by atoms with E-state index in [4.69, 9.17) is 9.47 Å². The van der Waals surface area contributed by atoms with Crippen LogP contribution in [0.25, 0.3) is 0 Å². The van der Waals surface area contributed by atoms with Crippen molar-refractivity contribution in [2.75, 3.05) is 25.6 Å². The number of rotatable bonds is 7. The lowest BCUT2D eigenvalue weighted by Crippen LogP contribution is -2.09. The molecule has 0 radical (unpaired) electrons. The highest BCUT2D eigenvalue weighted by Gasteiger charge is 2.08. The summed E-state index contributed by atoms with van der Waals surface area (Å²) < 4.78 is 11.6. The van der Waals surface area contributed by atoms with Crippen LogP contribution in [-0.2, 0) is 0 Å². The maximum atomic E-state index is 5.81. The zero-order valence-corrected chi connectivity index (χ0v) is 12.1. The molecule has 18 heavy (non-hydrogen) atoms. The lowest BCUT2D eigenvalue weighted by atomic mass is 10.2. The van der Waals surface area contributed by atoms with Crippen LogP contribution in [0.15, 0.2) is 18.2 Å². The minimum Gasteiger partial charge on any atom is -0.489 e. The number of hydrogen-bond acceptors (Lipinski definition) is 3. The molecule has 1 aromatic carbocycles. The topological polar surface area (TPSA) is 30.5 Å². The molecule has 0 heterocycles. The largest absolute Gasteiger partial charge is 0.489 e. The Morgan fingerprint density at radius 3 is 2.00 bits per heavy atom. The predicted octanol–water partition coefficient (Wildman–Crippen LogP) is 3.80. The van der Waals surface area contributed by atoms with Gasteiger partial charge < -0.3 is 14.8 Å². The van der Waals surface area contributed by atoms with Crippen LogP contribution in [0.2, 0.25) is 0 Å². The molecule has 0 bridgehead atoms. The van der Waals surface area contributed by atoms with E-state index in [0.29, 0.717) is 25.0 Å². The molecule has 102 valence electrons. The smallest absolute Gasteiger partial charge is 0.163 e. The average Bonchev–Trinajstić information content (AvgIpc) is 2.34. The fourth-order valence-electron chi connectivity index (χ4n) is 1.41. The molecule has 0 saturated carbocycles. The summed E-state index contributed by atoms with van der Waals surface area (Å²) in [6, 6.07) is 5.94. The molecular formula is C15H25NO2. The summed E-state index contributed by atoms with van der Waals surface area (Å²) in [6.45, 7) is 9.95. The van der Waals surface area contributed by atoms with Crippen molar-refractivity contribution >= 4 is 5.69 Å².